The van der Waals surface area contributed by atoms with Gasteiger partial charge in [0.15, 0.2) is 10.8 Å². The number of carboxylic acid groups (broad SMARTS) is 1. The molecule has 0 aromatic carbocycles. The van der Waals surface area contributed by atoms with Crippen molar-refractivity contribution in [1.82, 2.24) is 9.55 Å². The average molecular weight is 231 g/mol. The third kappa shape index (κ3) is 1.52. The number of halogens is 1. The maximum Gasteiger partial charge on any atom is 0.336 e. The highest BCUT2D eigenvalue weighted by molar-refractivity contribution is 6.30. The number of fused-ring (bicyclic) bond motifs is 1. The maximum atomic E-state index is 10.9. The zero-order valence-corrected chi connectivity index (χ0v) is 8.95. The van der Waals surface area contributed by atoms with Crippen LogP contribution in [0, 0.1) is 6.92 Å². The van der Waals surface area contributed by atoms with Crippen LogP contribution in [-0.4, -0.2) is 31.3 Å². The van der Waals surface area contributed by atoms with Crippen LogP contribution >= 0.6 is 11.6 Å². The van der Waals surface area contributed by atoms with Crippen LogP contribution in [0.2, 0.25) is 5.15 Å². The summed E-state index contributed by atoms with van der Waals surface area (Å²) in [6.07, 6.45) is 0.199. The number of hydrogen-bond donors (Lipinski definition) is 2. The van der Waals surface area contributed by atoms with E-state index in [2.05, 4.69) is 4.98 Å². The number of aliphatic carboxylic acids is 1. The van der Waals surface area contributed by atoms with E-state index in [-0.39, 0.29) is 18.0 Å². The molecule has 0 bridgehead atoms. The summed E-state index contributed by atoms with van der Waals surface area (Å²) < 4.78 is 1.85. The van der Waals surface area contributed by atoms with E-state index in [9.17, 15) is 9.90 Å². The maximum absolute atomic E-state index is 10.9. The van der Waals surface area contributed by atoms with E-state index in [1.165, 1.54) is 0 Å². The van der Waals surface area contributed by atoms with Gasteiger partial charge in [-0.1, -0.05) is 11.6 Å². The summed E-state index contributed by atoms with van der Waals surface area (Å²) >= 11 is 5.86. The topological polar surface area (TPSA) is 75.3 Å². The molecule has 0 radical (unpaired) electrons. The number of aromatic nitrogens is 2. The van der Waals surface area contributed by atoms with Gasteiger partial charge in [-0.05, 0) is 6.92 Å². The molecule has 1 aromatic heterocycles. The van der Waals surface area contributed by atoms with Gasteiger partial charge in [-0.15, -0.1) is 0 Å². The van der Waals surface area contributed by atoms with Gasteiger partial charge in [0.05, 0.1) is 5.69 Å². The van der Waals surface area contributed by atoms with Gasteiger partial charge in [0, 0.05) is 19.4 Å². The molecule has 2 heterocycles. The van der Waals surface area contributed by atoms with Crippen molar-refractivity contribution in [2.45, 2.75) is 31.9 Å². The second-order valence-corrected chi connectivity index (χ2v) is 4.17. The van der Waals surface area contributed by atoms with Crippen molar-refractivity contribution >= 4 is 17.6 Å². The molecular formula is C9H11ClN2O3. The number of nitrogens with zero attached hydrogens (tertiary/aromatic N) is 2. The molecule has 5 nitrogen and oxygen atoms in total. The highest BCUT2D eigenvalue weighted by Gasteiger charge is 2.41. The van der Waals surface area contributed by atoms with Crippen LogP contribution in [0.3, 0.4) is 0 Å². The molecule has 0 fully saturated rings. The van der Waals surface area contributed by atoms with Crippen LogP contribution in [0.25, 0.3) is 0 Å². The third-order valence-corrected chi connectivity index (χ3v) is 3.12. The Hall–Kier alpha value is -1.07. The Morgan fingerprint density at radius 2 is 2.33 bits per heavy atom. The Morgan fingerprint density at radius 1 is 1.67 bits per heavy atom. The normalized spacial score (nSPS) is 25.0. The van der Waals surface area contributed by atoms with Crippen molar-refractivity contribution in [3.8, 4) is 0 Å². The van der Waals surface area contributed by atoms with Crippen LogP contribution in [0.15, 0.2) is 0 Å². The highest BCUT2D eigenvalue weighted by atomic mass is 35.5. The number of rotatable bonds is 1. The molecule has 1 unspecified atom stereocenters. The Kier molecular flexibility index (Phi) is 2.24. The van der Waals surface area contributed by atoms with Crippen LogP contribution in [0.1, 0.15) is 17.9 Å². The minimum Gasteiger partial charge on any atom is -0.479 e. The SMILES string of the molecule is Cc1nc(Cl)c2n1CCC(O)(C(=O)O)C2. The first-order valence-electron chi connectivity index (χ1n) is 4.61. The van der Waals surface area contributed by atoms with Crippen molar-refractivity contribution in [3.05, 3.63) is 16.7 Å². The van der Waals surface area contributed by atoms with E-state index in [0.29, 0.717) is 12.2 Å². The molecule has 0 aliphatic carbocycles. The smallest absolute Gasteiger partial charge is 0.336 e. The summed E-state index contributed by atoms with van der Waals surface area (Å²) in [6, 6.07) is 0. The molecule has 1 aliphatic rings. The lowest BCUT2D eigenvalue weighted by Crippen LogP contribution is -2.45. The van der Waals surface area contributed by atoms with Crippen molar-refractivity contribution in [3.63, 3.8) is 0 Å². The van der Waals surface area contributed by atoms with Gasteiger partial charge >= 0.3 is 5.97 Å². The molecule has 6 heteroatoms. The standard InChI is InChI=1S/C9H11ClN2O3/c1-5-11-7(10)6-4-9(15,8(13)14)2-3-12(5)6/h15H,2-4H2,1H3,(H,13,14). The predicted octanol–water partition coefficient (Wildman–Crippen LogP) is 0.607. The summed E-state index contributed by atoms with van der Waals surface area (Å²) in [5.74, 6) is -0.453. The van der Waals surface area contributed by atoms with Crippen molar-refractivity contribution in [1.29, 1.82) is 0 Å². The fourth-order valence-electron chi connectivity index (χ4n) is 1.88. The number of aliphatic hydroxyl groups is 1. The number of hydrogen-bond acceptors (Lipinski definition) is 3. The van der Waals surface area contributed by atoms with Gasteiger partial charge in [0.2, 0.25) is 0 Å². The number of aryl methyl sites for hydroxylation is 1. The van der Waals surface area contributed by atoms with Gasteiger partial charge in [-0.2, -0.15) is 0 Å². The first-order chi connectivity index (χ1) is 6.94. The lowest BCUT2D eigenvalue weighted by molar-refractivity contribution is -0.160. The molecule has 0 saturated heterocycles. The van der Waals surface area contributed by atoms with Gasteiger partial charge in [-0.25, -0.2) is 9.78 Å². The van der Waals surface area contributed by atoms with E-state index in [1.807, 2.05) is 4.57 Å². The quantitative estimate of drug-likeness (QED) is 0.741. The van der Waals surface area contributed by atoms with Crippen LogP contribution in [0.5, 0.6) is 0 Å². The minimum atomic E-state index is -1.70. The van der Waals surface area contributed by atoms with Crippen LogP contribution in [-0.2, 0) is 17.8 Å². The van der Waals surface area contributed by atoms with Crippen molar-refractivity contribution < 1.29 is 15.0 Å². The van der Waals surface area contributed by atoms with E-state index < -0.39 is 11.6 Å². The third-order valence-electron chi connectivity index (χ3n) is 2.82. The van der Waals surface area contributed by atoms with Crippen molar-refractivity contribution in [2.24, 2.45) is 0 Å². The number of carboxylic acids is 1. The number of imidazole rings is 1. The van der Waals surface area contributed by atoms with Crippen LogP contribution in [0.4, 0.5) is 0 Å². The van der Waals surface area contributed by atoms with E-state index in [0.717, 1.165) is 5.82 Å². The van der Waals surface area contributed by atoms with Gasteiger partial charge in [0.25, 0.3) is 0 Å². The Balaban J connectivity index is 2.42. The molecule has 15 heavy (non-hydrogen) atoms. The van der Waals surface area contributed by atoms with Gasteiger partial charge in [-0.3, -0.25) is 0 Å². The molecule has 2 rings (SSSR count). The van der Waals surface area contributed by atoms with Gasteiger partial charge in [0.1, 0.15) is 5.82 Å². The second-order valence-electron chi connectivity index (χ2n) is 3.81. The molecule has 82 valence electrons. The fourth-order valence-corrected chi connectivity index (χ4v) is 2.17. The monoisotopic (exact) mass is 230 g/mol. The molecule has 1 aromatic rings. The summed E-state index contributed by atoms with van der Waals surface area (Å²) in [5, 5.41) is 19.0. The fraction of sp³-hybridized carbons (Fsp3) is 0.556. The van der Waals surface area contributed by atoms with E-state index in [4.69, 9.17) is 16.7 Å². The Bertz CT molecular complexity index is 429. The summed E-state index contributed by atoms with van der Waals surface area (Å²) in [5.41, 5.74) is -1.10. The molecule has 1 atom stereocenters. The first kappa shape index (κ1) is 10.4. The first-order valence-corrected chi connectivity index (χ1v) is 4.99. The van der Waals surface area contributed by atoms with Crippen molar-refractivity contribution in [2.75, 3.05) is 0 Å². The second kappa shape index (κ2) is 3.21. The molecular weight excluding hydrogens is 220 g/mol. The number of carbonyl (C=O) groups is 1. The van der Waals surface area contributed by atoms with Gasteiger partial charge < -0.3 is 14.8 Å². The average Bonchev–Trinajstić information content (AvgIpc) is 2.42. The van der Waals surface area contributed by atoms with Crippen LogP contribution < -0.4 is 0 Å². The van der Waals surface area contributed by atoms with E-state index >= 15 is 0 Å². The summed E-state index contributed by atoms with van der Waals surface area (Å²) in [6.45, 7) is 2.24. The molecule has 1 aliphatic heterocycles. The lowest BCUT2D eigenvalue weighted by Gasteiger charge is -2.29. The summed E-state index contributed by atoms with van der Waals surface area (Å²) in [7, 11) is 0. The Labute approximate surface area is 91.3 Å². The predicted molar refractivity (Wildman–Crippen MR) is 52.9 cm³/mol. The highest BCUT2D eigenvalue weighted by Crippen LogP contribution is 2.30. The van der Waals surface area contributed by atoms with E-state index in [1.54, 1.807) is 6.92 Å². The molecule has 0 amide bonds. The molecule has 0 spiro atoms. The summed E-state index contributed by atoms with van der Waals surface area (Å²) in [4.78, 5) is 14.9. The molecule has 0 saturated carbocycles. The zero-order chi connectivity index (χ0) is 11.2. The minimum absolute atomic E-state index is 0.0159. The molecule has 2 N–H and O–H groups in total. The largest absolute Gasteiger partial charge is 0.479 e. The zero-order valence-electron chi connectivity index (χ0n) is 8.20. The Morgan fingerprint density at radius 3 is 2.93 bits per heavy atom. The lowest BCUT2D eigenvalue weighted by atomic mass is 9.91.